The van der Waals surface area contributed by atoms with Gasteiger partial charge in [-0.15, -0.1) is 0 Å². The third-order valence-electron chi connectivity index (χ3n) is 1.99. The predicted octanol–water partition coefficient (Wildman–Crippen LogP) is 0.992. The molecule has 0 aliphatic rings. The van der Waals surface area contributed by atoms with E-state index in [2.05, 4.69) is 23.8 Å². The van der Waals surface area contributed by atoms with E-state index in [0.29, 0.717) is 18.5 Å². The average molecular weight is 195 g/mol. The fraction of sp³-hybridized carbons (Fsp3) is 0.600. The van der Waals surface area contributed by atoms with Crippen LogP contribution in [0.5, 0.6) is 0 Å². The van der Waals surface area contributed by atoms with Gasteiger partial charge in [-0.2, -0.15) is 0 Å². The van der Waals surface area contributed by atoms with Crippen LogP contribution in [0.4, 0.5) is 5.95 Å². The van der Waals surface area contributed by atoms with Crippen LogP contribution in [0, 0.1) is 6.92 Å². The van der Waals surface area contributed by atoms with Gasteiger partial charge in [0.15, 0.2) is 0 Å². The molecular weight excluding hydrogens is 178 g/mol. The molecule has 1 heterocycles. The number of aromatic nitrogens is 2. The number of aliphatic hydroxyl groups excluding tert-OH is 1. The minimum Gasteiger partial charge on any atom is -0.395 e. The second-order valence-electron chi connectivity index (χ2n) is 3.57. The minimum absolute atomic E-state index is 0.120. The van der Waals surface area contributed by atoms with E-state index in [1.165, 1.54) is 0 Å². The molecule has 1 aromatic rings. The van der Waals surface area contributed by atoms with Crippen molar-refractivity contribution in [1.29, 1.82) is 0 Å². The molecule has 0 spiro atoms. The Kier molecular flexibility index (Phi) is 3.83. The Hall–Kier alpha value is -1.16. The van der Waals surface area contributed by atoms with Gasteiger partial charge in [0.2, 0.25) is 5.95 Å². The van der Waals surface area contributed by atoms with E-state index < -0.39 is 0 Å². The maximum absolute atomic E-state index is 8.90. The molecule has 1 aromatic heterocycles. The monoisotopic (exact) mass is 195 g/mol. The lowest BCUT2D eigenvalue weighted by molar-refractivity contribution is 0.298. The van der Waals surface area contributed by atoms with Crippen molar-refractivity contribution in [3.05, 3.63) is 18.0 Å². The minimum atomic E-state index is 0.120. The maximum Gasteiger partial charge on any atom is 0.225 e. The average Bonchev–Trinajstić information content (AvgIpc) is 2.15. The molecule has 0 atom stereocenters. The summed E-state index contributed by atoms with van der Waals surface area (Å²) < 4.78 is 0. The number of rotatable bonds is 4. The smallest absolute Gasteiger partial charge is 0.225 e. The molecular formula is C10H17N3O. The quantitative estimate of drug-likeness (QED) is 0.778. The second-order valence-corrected chi connectivity index (χ2v) is 3.57. The summed E-state index contributed by atoms with van der Waals surface area (Å²) in [6.45, 7) is 6.75. The third kappa shape index (κ3) is 2.67. The van der Waals surface area contributed by atoms with Crippen molar-refractivity contribution in [2.24, 2.45) is 0 Å². The normalized spacial score (nSPS) is 10.6. The zero-order valence-corrected chi connectivity index (χ0v) is 8.94. The van der Waals surface area contributed by atoms with Crippen LogP contribution in [0.15, 0.2) is 12.4 Å². The van der Waals surface area contributed by atoms with E-state index in [1.54, 1.807) is 12.4 Å². The zero-order valence-electron chi connectivity index (χ0n) is 8.94. The van der Waals surface area contributed by atoms with E-state index in [4.69, 9.17) is 5.11 Å². The van der Waals surface area contributed by atoms with Gasteiger partial charge in [-0.05, 0) is 26.3 Å². The highest BCUT2D eigenvalue weighted by Gasteiger charge is 2.11. The van der Waals surface area contributed by atoms with Crippen LogP contribution in [-0.4, -0.2) is 34.3 Å². The molecule has 0 bridgehead atoms. The lowest BCUT2D eigenvalue weighted by atomic mass is 10.3. The van der Waals surface area contributed by atoms with Crippen molar-refractivity contribution in [1.82, 2.24) is 9.97 Å². The lowest BCUT2D eigenvalue weighted by Gasteiger charge is -2.25. The highest BCUT2D eigenvalue weighted by atomic mass is 16.3. The fourth-order valence-electron chi connectivity index (χ4n) is 1.23. The van der Waals surface area contributed by atoms with Crippen molar-refractivity contribution in [2.45, 2.75) is 26.8 Å². The molecule has 78 valence electrons. The van der Waals surface area contributed by atoms with Gasteiger partial charge < -0.3 is 10.0 Å². The summed E-state index contributed by atoms with van der Waals surface area (Å²) in [7, 11) is 0. The van der Waals surface area contributed by atoms with Gasteiger partial charge in [0.05, 0.1) is 6.61 Å². The van der Waals surface area contributed by atoms with Crippen molar-refractivity contribution < 1.29 is 5.11 Å². The molecule has 0 amide bonds. The summed E-state index contributed by atoms with van der Waals surface area (Å²) in [5.74, 6) is 0.680. The molecule has 0 aromatic carbocycles. The third-order valence-corrected chi connectivity index (χ3v) is 1.99. The summed E-state index contributed by atoms with van der Waals surface area (Å²) >= 11 is 0. The Balaban J connectivity index is 2.82. The fourth-order valence-corrected chi connectivity index (χ4v) is 1.23. The molecule has 4 nitrogen and oxygen atoms in total. The first-order valence-electron chi connectivity index (χ1n) is 4.81. The number of aryl methyl sites for hydroxylation is 1. The molecule has 0 fully saturated rings. The Morgan fingerprint density at radius 3 is 2.36 bits per heavy atom. The van der Waals surface area contributed by atoms with Gasteiger partial charge in [0, 0.05) is 25.0 Å². The van der Waals surface area contributed by atoms with Gasteiger partial charge in [-0.3, -0.25) is 0 Å². The van der Waals surface area contributed by atoms with Gasteiger partial charge >= 0.3 is 0 Å². The van der Waals surface area contributed by atoms with Crippen LogP contribution < -0.4 is 4.90 Å². The first-order valence-corrected chi connectivity index (χ1v) is 4.81. The molecule has 0 unspecified atom stereocenters. The Bertz CT molecular complexity index is 271. The van der Waals surface area contributed by atoms with Gasteiger partial charge in [-0.25, -0.2) is 9.97 Å². The van der Waals surface area contributed by atoms with E-state index in [9.17, 15) is 0 Å². The summed E-state index contributed by atoms with van der Waals surface area (Å²) in [4.78, 5) is 10.4. The largest absolute Gasteiger partial charge is 0.395 e. The van der Waals surface area contributed by atoms with Gasteiger partial charge in [0.25, 0.3) is 0 Å². The molecule has 4 heteroatoms. The molecule has 0 aliphatic carbocycles. The van der Waals surface area contributed by atoms with E-state index in [1.807, 2.05) is 11.8 Å². The Morgan fingerprint density at radius 1 is 1.36 bits per heavy atom. The lowest BCUT2D eigenvalue weighted by Crippen LogP contribution is -2.34. The molecule has 0 radical (unpaired) electrons. The standard InChI is InChI=1S/C10H17N3O/c1-8(2)13(4-5-14)10-11-6-9(3)7-12-10/h6-8,14H,4-5H2,1-3H3. The molecule has 1 N–H and O–H groups in total. The highest BCUT2D eigenvalue weighted by Crippen LogP contribution is 2.09. The van der Waals surface area contributed by atoms with Crippen molar-refractivity contribution in [3.8, 4) is 0 Å². The van der Waals surface area contributed by atoms with E-state index in [0.717, 1.165) is 5.56 Å². The van der Waals surface area contributed by atoms with Crippen LogP contribution in [0.2, 0.25) is 0 Å². The number of nitrogens with zero attached hydrogens (tertiary/aromatic N) is 3. The molecule has 0 aliphatic heterocycles. The van der Waals surface area contributed by atoms with Crippen LogP contribution in [0.25, 0.3) is 0 Å². The van der Waals surface area contributed by atoms with Crippen LogP contribution in [0.1, 0.15) is 19.4 Å². The zero-order chi connectivity index (χ0) is 10.6. The topological polar surface area (TPSA) is 49.2 Å². The van der Waals surface area contributed by atoms with Crippen molar-refractivity contribution in [2.75, 3.05) is 18.1 Å². The van der Waals surface area contributed by atoms with Crippen molar-refractivity contribution >= 4 is 5.95 Å². The molecule has 1 rings (SSSR count). The van der Waals surface area contributed by atoms with Gasteiger partial charge in [0.1, 0.15) is 0 Å². The first kappa shape index (κ1) is 10.9. The van der Waals surface area contributed by atoms with E-state index >= 15 is 0 Å². The molecule has 14 heavy (non-hydrogen) atoms. The predicted molar refractivity (Wildman–Crippen MR) is 56.3 cm³/mol. The first-order chi connectivity index (χ1) is 6.65. The number of hydrogen-bond donors (Lipinski definition) is 1. The second kappa shape index (κ2) is 4.91. The highest BCUT2D eigenvalue weighted by molar-refractivity contribution is 5.30. The number of aliphatic hydroxyl groups is 1. The van der Waals surface area contributed by atoms with Crippen LogP contribution in [0.3, 0.4) is 0 Å². The van der Waals surface area contributed by atoms with E-state index in [-0.39, 0.29) is 6.61 Å². The Morgan fingerprint density at radius 2 is 1.93 bits per heavy atom. The van der Waals surface area contributed by atoms with Crippen molar-refractivity contribution in [3.63, 3.8) is 0 Å². The van der Waals surface area contributed by atoms with Crippen LogP contribution in [-0.2, 0) is 0 Å². The summed E-state index contributed by atoms with van der Waals surface area (Å²) in [6, 6.07) is 0.296. The number of hydrogen-bond acceptors (Lipinski definition) is 4. The summed E-state index contributed by atoms with van der Waals surface area (Å²) in [5.41, 5.74) is 1.04. The Labute approximate surface area is 84.6 Å². The van der Waals surface area contributed by atoms with Crippen LogP contribution >= 0.6 is 0 Å². The summed E-state index contributed by atoms with van der Waals surface area (Å²) in [6.07, 6.45) is 3.57. The summed E-state index contributed by atoms with van der Waals surface area (Å²) in [5, 5.41) is 8.90. The van der Waals surface area contributed by atoms with Gasteiger partial charge in [-0.1, -0.05) is 0 Å². The molecule has 0 saturated heterocycles. The number of anilines is 1. The maximum atomic E-state index is 8.90. The SMILES string of the molecule is Cc1cnc(N(CCO)C(C)C)nc1. The molecule has 0 saturated carbocycles.